The highest BCUT2D eigenvalue weighted by atomic mass is 32.2. The van der Waals surface area contributed by atoms with Gasteiger partial charge in [-0.05, 0) is 35.1 Å². The quantitative estimate of drug-likeness (QED) is 0.842. The second-order valence-corrected chi connectivity index (χ2v) is 7.80. The number of benzene rings is 1. The predicted octanol–water partition coefficient (Wildman–Crippen LogP) is 2.68. The minimum Gasteiger partial charge on any atom is -0.294 e. The zero-order valence-corrected chi connectivity index (χ0v) is 14.4. The molecule has 0 spiro atoms. The average molecular weight is 350 g/mol. The van der Waals surface area contributed by atoms with E-state index in [2.05, 4.69) is 28.5 Å². The SMILES string of the molecule is CS(=O)(=O)O.N#Cc1ccccc1CN1CCc2sccc2C1. The highest BCUT2D eigenvalue weighted by Crippen LogP contribution is 2.25. The first kappa shape index (κ1) is 17.6. The van der Waals surface area contributed by atoms with Gasteiger partial charge in [0.25, 0.3) is 10.1 Å². The topological polar surface area (TPSA) is 81.4 Å². The van der Waals surface area contributed by atoms with Crippen LogP contribution in [0.15, 0.2) is 35.7 Å². The lowest BCUT2D eigenvalue weighted by atomic mass is 10.1. The summed E-state index contributed by atoms with van der Waals surface area (Å²) < 4.78 is 25.9. The molecule has 1 aliphatic heterocycles. The van der Waals surface area contributed by atoms with Crippen LogP contribution in [-0.4, -0.2) is 30.7 Å². The van der Waals surface area contributed by atoms with Gasteiger partial charge in [-0.15, -0.1) is 11.3 Å². The van der Waals surface area contributed by atoms with Gasteiger partial charge in [0.05, 0.1) is 17.9 Å². The molecule has 7 heteroatoms. The molecule has 5 nitrogen and oxygen atoms in total. The summed E-state index contributed by atoms with van der Waals surface area (Å²) in [6.07, 6.45) is 1.86. The summed E-state index contributed by atoms with van der Waals surface area (Å²) >= 11 is 1.86. The molecule has 2 heterocycles. The van der Waals surface area contributed by atoms with Crippen LogP contribution >= 0.6 is 11.3 Å². The molecule has 0 saturated carbocycles. The van der Waals surface area contributed by atoms with Gasteiger partial charge >= 0.3 is 0 Å². The number of nitriles is 1. The van der Waals surface area contributed by atoms with Gasteiger partial charge in [-0.1, -0.05) is 18.2 Å². The van der Waals surface area contributed by atoms with Crippen molar-refractivity contribution in [3.8, 4) is 6.07 Å². The van der Waals surface area contributed by atoms with Crippen LogP contribution in [0.2, 0.25) is 0 Å². The Bertz CT molecular complexity index is 799. The van der Waals surface area contributed by atoms with E-state index in [1.54, 1.807) is 0 Å². The number of thiophene rings is 1. The van der Waals surface area contributed by atoms with Crippen molar-refractivity contribution in [2.24, 2.45) is 0 Å². The minimum atomic E-state index is -3.67. The Kier molecular flexibility index (Phi) is 5.91. The van der Waals surface area contributed by atoms with E-state index in [4.69, 9.17) is 9.81 Å². The molecule has 0 atom stereocenters. The van der Waals surface area contributed by atoms with Gasteiger partial charge in [0.1, 0.15) is 0 Å². The molecular formula is C16H18N2O3S2. The van der Waals surface area contributed by atoms with E-state index < -0.39 is 10.1 Å². The molecular weight excluding hydrogens is 332 g/mol. The number of hydrogen-bond donors (Lipinski definition) is 1. The maximum absolute atomic E-state index is 9.19. The molecule has 0 bridgehead atoms. The normalized spacial score (nSPS) is 14.3. The van der Waals surface area contributed by atoms with Crippen molar-refractivity contribution in [2.75, 3.05) is 12.8 Å². The molecule has 0 radical (unpaired) electrons. The van der Waals surface area contributed by atoms with Gasteiger partial charge < -0.3 is 0 Å². The third-order valence-corrected chi connectivity index (χ3v) is 4.44. The zero-order chi connectivity index (χ0) is 16.9. The van der Waals surface area contributed by atoms with Gasteiger partial charge in [-0.25, -0.2) is 0 Å². The Balaban J connectivity index is 0.000000338. The van der Waals surface area contributed by atoms with Crippen LogP contribution in [0.1, 0.15) is 21.6 Å². The smallest absolute Gasteiger partial charge is 0.261 e. The summed E-state index contributed by atoms with van der Waals surface area (Å²) in [6, 6.07) is 12.4. The van der Waals surface area contributed by atoms with E-state index in [0.29, 0.717) is 6.26 Å². The lowest BCUT2D eigenvalue weighted by Gasteiger charge is -2.27. The fraction of sp³-hybridized carbons (Fsp3) is 0.312. The Morgan fingerprint density at radius 1 is 1.35 bits per heavy atom. The van der Waals surface area contributed by atoms with Gasteiger partial charge in [-0.2, -0.15) is 13.7 Å². The molecule has 0 saturated heterocycles. The standard InChI is InChI=1S/C15H14N2S.CH4O3S/c16-9-12-3-1-2-4-13(12)10-17-7-5-15-14(11-17)6-8-18-15;1-5(2,3)4/h1-4,6,8H,5,7,10-11H2;1H3,(H,2,3,4). The van der Waals surface area contributed by atoms with Crippen LogP contribution in [0.25, 0.3) is 0 Å². The number of nitrogens with zero attached hydrogens (tertiary/aromatic N) is 2. The molecule has 1 aromatic carbocycles. The molecule has 0 aliphatic carbocycles. The molecule has 1 aromatic heterocycles. The number of rotatable bonds is 2. The van der Waals surface area contributed by atoms with Gasteiger partial charge in [0.2, 0.25) is 0 Å². The fourth-order valence-electron chi connectivity index (χ4n) is 2.45. The van der Waals surface area contributed by atoms with E-state index >= 15 is 0 Å². The first-order valence-corrected chi connectivity index (χ1v) is 9.77. The Hall–Kier alpha value is -1.72. The van der Waals surface area contributed by atoms with Crippen LogP contribution in [0, 0.1) is 11.3 Å². The summed E-state index contributed by atoms with van der Waals surface area (Å²) in [5.41, 5.74) is 3.40. The highest BCUT2D eigenvalue weighted by molar-refractivity contribution is 7.85. The molecule has 1 aliphatic rings. The van der Waals surface area contributed by atoms with E-state index in [1.165, 1.54) is 10.4 Å². The maximum atomic E-state index is 9.19. The van der Waals surface area contributed by atoms with E-state index in [1.807, 2.05) is 29.5 Å². The van der Waals surface area contributed by atoms with Gasteiger partial charge in [0, 0.05) is 24.5 Å². The zero-order valence-electron chi connectivity index (χ0n) is 12.8. The maximum Gasteiger partial charge on any atom is 0.261 e. The summed E-state index contributed by atoms with van der Waals surface area (Å²) in [4.78, 5) is 3.95. The Morgan fingerprint density at radius 2 is 2.04 bits per heavy atom. The molecule has 0 amide bonds. The lowest BCUT2D eigenvalue weighted by Crippen LogP contribution is -2.29. The average Bonchev–Trinajstić information content (AvgIpc) is 2.93. The largest absolute Gasteiger partial charge is 0.294 e. The first-order chi connectivity index (χ1) is 10.9. The van der Waals surface area contributed by atoms with Crippen LogP contribution < -0.4 is 0 Å². The molecule has 122 valence electrons. The molecule has 2 aromatic rings. The van der Waals surface area contributed by atoms with Crippen molar-refractivity contribution < 1.29 is 13.0 Å². The second kappa shape index (κ2) is 7.70. The van der Waals surface area contributed by atoms with Crippen LogP contribution in [-0.2, 0) is 29.6 Å². The fourth-order valence-corrected chi connectivity index (χ4v) is 3.34. The third kappa shape index (κ3) is 5.77. The molecule has 0 fully saturated rings. The minimum absolute atomic E-state index is 0.715. The third-order valence-electron chi connectivity index (χ3n) is 3.42. The summed E-state index contributed by atoms with van der Waals surface area (Å²) in [5.74, 6) is 0. The predicted molar refractivity (Wildman–Crippen MR) is 90.8 cm³/mol. The molecule has 23 heavy (non-hydrogen) atoms. The first-order valence-electron chi connectivity index (χ1n) is 7.05. The number of hydrogen-bond acceptors (Lipinski definition) is 5. The van der Waals surface area contributed by atoms with Crippen molar-refractivity contribution in [3.63, 3.8) is 0 Å². The van der Waals surface area contributed by atoms with E-state index in [0.717, 1.165) is 37.2 Å². The van der Waals surface area contributed by atoms with Crippen molar-refractivity contribution in [2.45, 2.75) is 19.5 Å². The van der Waals surface area contributed by atoms with Crippen LogP contribution in [0.4, 0.5) is 0 Å². The summed E-state index contributed by atoms with van der Waals surface area (Å²) in [6.45, 7) is 2.98. The Labute approximate surface area is 140 Å². The van der Waals surface area contributed by atoms with Gasteiger partial charge in [-0.3, -0.25) is 9.45 Å². The Morgan fingerprint density at radius 3 is 2.74 bits per heavy atom. The summed E-state index contributed by atoms with van der Waals surface area (Å²) in [5, 5.41) is 11.3. The van der Waals surface area contributed by atoms with Gasteiger partial charge in [0.15, 0.2) is 0 Å². The van der Waals surface area contributed by atoms with Crippen LogP contribution in [0.5, 0.6) is 0 Å². The van der Waals surface area contributed by atoms with Crippen molar-refractivity contribution in [1.29, 1.82) is 5.26 Å². The lowest BCUT2D eigenvalue weighted by molar-refractivity contribution is 0.247. The van der Waals surface area contributed by atoms with E-state index in [-0.39, 0.29) is 0 Å². The van der Waals surface area contributed by atoms with Crippen molar-refractivity contribution in [3.05, 3.63) is 57.3 Å². The van der Waals surface area contributed by atoms with Crippen LogP contribution in [0.3, 0.4) is 0 Å². The molecule has 0 unspecified atom stereocenters. The molecule has 3 rings (SSSR count). The number of fused-ring (bicyclic) bond motifs is 1. The van der Waals surface area contributed by atoms with Crippen molar-refractivity contribution >= 4 is 21.5 Å². The van der Waals surface area contributed by atoms with Crippen molar-refractivity contribution in [1.82, 2.24) is 4.90 Å². The monoisotopic (exact) mass is 350 g/mol. The second-order valence-electron chi connectivity index (χ2n) is 5.33. The molecule has 1 N–H and O–H groups in total. The van der Waals surface area contributed by atoms with E-state index in [9.17, 15) is 8.42 Å². The highest BCUT2D eigenvalue weighted by Gasteiger charge is 2.17. The summed E-state index contributed by atoms with van der Waals surface area (Å²) in [7, 11) is -3.67.